The zero-order valence-corrected chi connectivity index (χ0v) is 10.7. The van der Waals surface area contributed by atoms with Crippen LogP contribution in [0.2, 0.25) is 5.02 Å². The molecule has 17 heavy (non-hydrogen) atoms. The van der Waals surface area contributed by atoms with Crippen LogP contribution in [0, 0.1) is 11.3 Å². The van der Waals surface area contributed by atoms with Crippen LogP contribution in [0.25, 0.3) is 0 Å². The fourth-order valence-electron chi connectivity index (χ4n) is 1.11. The molecule has 0 heterocycles. The maximum absolute atomic E-state index is 8.85. The SMILES string of the molecule is C/C(NNc1ccccc1Cl)=C(/C#N)C(N)=S. The van der Waals surface area contributed by atoms with Gasteiger partial charge in [-0.1, -0.05) is 36.0 Å². The Balaban J connectivity index is 2.79. The molecule has 0 amide bonds. The Labute approximate surface area is 110 Å². The third-order valence-corrected chi connectivity index (χ3v) is 2.53. The van der Waals surface area contributed by atoms with Crippen LogP contribution in [-0.2, 0) is 0 Å². The Bertz CT molecular complexity index is 504. The van der Waals surface area contributed by atoms with E-state index < -0.39 is 0 Å². The van der Waals surface area contributed by atoms with Crippen LogP contribution in [-0.4, -0.2) is 4.99 Å². The number of nitrogens with two attached hydrogens (primary N) is 1. The van der Waals surface area contributed by atoms with Gasteiger partial charge in [-0.25, -0.2) is 0 Å². The number of thiocarbonyl (C=S) groups is 1. The van der Waals surface area contributed by atoms with Crippen LogP contribution >= 0.6 is 23.8 Å². The van der Waals surface area contributed by atoms with Gasteiger partial charge in [0.2, 0.25) is 0 Å². The first-order valence-electron chi connectivity index (χ1n) is 4.73. The van der Waals surface area contributed by atoms with Gasteiger partial charge in [-0.2, -0.15) is 5.26 Å². The fourth-order valence-corrected chi connectivity index (χ4v) is 1.49. The van der Waals surface area contributed by atoms with Gasteiger partial charge in [0, 0.05) is 5.70 Å². The van der Waals surface area contributed by atoms with Crippen molar-refractivity contribution in [3.8, 4) is 6.07 Å². The van der Waals surface area contributed by atoms with Crippen molar-refractivity contribution in [1.82, 2.24) is 5.43 Å². The molecule has 0 bridgehead atoms. The summed E-state index contributed by atoms with van der Waals surface area (Å²) >= 11 is 10.7. The highest BCUT2D eigenvalue weighted by molar-refractivity contribution is 7.80. The largest absolute Gasteiger partial charge is 0.389 e. The van der Waals surface area contributed by atoms with Crippen molar-refractivity contribution < 1.29 is 0 Å². The Morgan fingerprint density at radius 2 is 2.12 bits per heavy atom. The summed E-state index contributed by atoms with van der Waals surface area (Å²) in [5, 5.41) is 9.42. The number of hydrogen-bond acceptors (Lipinski definition) is 4. The molecule has 4 N–H and O–H groups in total. The number of hydrazine groups is 1. The number of para-hydroxylation sites is 1. The van der Waals surface area contributed by atoms with Crippen molar-refractivity contribution in [3.05, 3.63) is 40.6 Å². The summed E-state index contributed by atoms with van der Waals surface area (Å²) in [6.45, 7) is 1.70. The number of nitriles is 1. The Kier molecular flexibility index (Phi) is 4.76. The van der Waals surface area contributed by atoms with E-state index in [0.717, 1.165) is 0 Å². The van der Waals surface area contributed by atoms with E-state index in [1.54, 1.807) is 19.1 Å². The molecule has 0 atom stereocenters. The highest BCUT2D eigenvalue weighted by Crippen LogP contribution is 2.19. The highest BCUT2D eigenvalue weighted by atomic mass is 35.5. The van der Waals surface area contributed by atoms with E-state index in [2.05, 4.69) is 10.9 Å². The maximum atomic E-state index is 8.85. The molecule has 6 heteroatoms. The van der Waals surface area contributed by atoms with Crippen molar-refractivity contribution in [2.24, 2.45) is 5.73 Å². The molecule has 0 aromatic heterocycles. The van der Waals surface area contributed by atoms with Crippen molar-refractivity contribution >= 4 is 34.5 Å². The number of nitrogens with zero attached hydrogens (tertiary/aromatic N) is 1. The molecule has 0 aliphatic carbocycles. The average molecular weight is 267 g/mol. The van der Waals surface area contributed by atoms with E-state index >= 15 is 0 Å². The summed E-state index contributed by atoms with van der Waals surface area (Å²) in [6.07, 6.45) is 0. The smallest absolute Gasteiger partial charge is 0.116 e. The summed E-state index contributed by atoms with van der Waals surface area (Å²) < 4.78 is 0. The van der Waals surface area contributed by atoms with E-state index in [1.807, 2.05) is 18.2 Å². The minimum atomic E-state index is 0.0541. The number of benzene rings is 1. The maximum Gasteiger partial charge on any atom is 0.116 e. The summed E-state index contributed by atoms with van der Waals surface area (Å²) in [6, 6.07) is 9.15. The van der Waals surface area contributed by atoms with Crippen LogP contribution in [0.4, 0.5) is 5.69 Å². The molecule has 0 spiro atoms. The Morgan fingerprint density at radius 3 is 2.65 bits per heavy atom. The third kappa shape index (κ3) is 3.63. The van der Waals surface area contributed by atoms with Gasteiger partial charge in [0.25, 0.3) is 0 Å². The van der Waals surface area contributed by atoms with Crippen LogP contribution in [0.1, 0.15) is 6.92 Å². The van der Waals surface area contributed by atoms with Crippen molar-refractivity contribution in [2.75, 3.05) is 5.43 Å². The first-order valence-corrected chi connectivity index (χ1v) is 5.52. The molecule has 4 nitrogen and oxygen atoms in total. The first kappa shape index (κ1) is 13.3. The molecule has 0 saturated carbocycles. The number of hydrogen-bond donors (Lipinski definition) is 3. The Hall–Kier alpha value is -1.77. The fraction of sp³-hybridized carbons (Fsp3) is 0.0909. The number of halogens is 1. The zero-order chi connectivity index (χ0) is 12.8. The molecule has 1 rings (SSSR count). The standard InChI is InChI=1S/C11H11ClN4S/c1-7(8(6-13)11(14)17)15-16-10-5-3-2-4-9(10)12/h2-5,15-16H,1H3,(H2,14,17)/b8-7+. The van der Waals surface area contributed by atoms with Gasteiger partial charge in [-0.3, -0.25) is 5.43 Å². The molecule has 0 fully saturated rings. The molecule has 1 aromatic carbocycles. The molecule has 0 unspecified atom stereocenters. The quantitative estimate of drug-likeness (QED) is 0.338. The van der Waals surface area contributed by atoms with E-state index in [-0.39, 0.29) is 10.6 Å². The summed E-state index contributed by atoms with van der Waals surface area (Å²) in [4.78, 5) is 0.0541. The van der Waals surface area contributed by atoms with E-state index in [0.29, 0.717) is 16.4 Å². The minimum Gasteiger partial charge on any atom is -0.389 e. The number of allylic oxidation sites excluding steroid dienone is 1. The summed E-state index contributed by atoms with van der Waals surface area (Å²) in [7, 11) is 0. The lowest BCUT2D eigenvalue weighted by Crippen LogP contribution is -2.24. The van der Waals surface area contributed by atoms with E-state index in [4.69, 9.17) is 34.8 Å². The second-order valence-electron chi connectivity index (χ2n) is 3.21. The molecule has 88 valence electrons. The average Bonchev–Trinajstić information content (AvgIpc) is 2.28. The number of nitrogens with one attached hydrogen (secondary N) is 2. The molecule has 0 saturated heterocycles. The molecular formula is C11H11ClN4S. The van der Waals surface area contributed by atoms with Crippen LogP contribution in [0.15, 0.2) is 35.5 Å². The normalized spacial score (nSPS) is 11.1. The van der Waals surface area contributed by atoms with Gasteiger partial charge in [0.15, 0.2) is 0 Å². The topological polar surface area (TPSA) is 73.9 Å². The zero-order valence-electron chi connectivity index (χ0n) is 9.12. The Morgan fingerprint density at radius 1 is 1.47 bits per heavy atom. The van der Waals surface area contributed by atoms with Gasteiger partial charge in [-0.15, -0.1) is 0 Å². The molecule has 1 aromatic rings. The first-order chi connectivity index (χ1) is 8.06. The van der Waals surface area contributed by atoms with Crippen molar-refractivity contribution in [1.29, 1.82) is 5.26 Å². The van der Waals surface area contributed by atoms with E-state index in [1.165, 1.54) is 0 Å². The second kappa shape index (κ2) is 6.09. The van der Waals surface area contributed by atoms with Gasteiger partial charge < -0.3 is 11.2 Å². The minimum absolute atomic E-state index is 0.0541. The molecule has 0 aliphatic heterocycles. The molecule has 0 aliphatic rings. The highest BCUT2D eigenvalue weighted by Gasteiger charge is 2.05. The van der Waals surface area contributed by atoms with Crippen molar-refractivity contribution in [2.45, 2.75) is 6.92 Å². The van der Waals surface area contributed by atoms with E-state index in [9.17, 15) is 0 Å². The number of rotatable bonds is 4. The van der Waals surface area contributed by atoms with Gasteiger partial charge >= 0.3 is 0 Å². The lowest BCUT2D eigenvalue weighted by Gasteiger charge is -2.12. The predicted octanol–water partition coefficient (Wildman–Crippen LogP) is 2.34. The van der Waals surface area contributed by atoms with Gasteiger partial charge in [0.1, 0.15) is 16.6 Å². The summed E-state index contributed by atoms with van der Waals surface area (Å²) in [5.41, 5.74) is 12.6. The third-order valence-electron chi connectivity index (χ3n) is 1.99. The van der Waals surface area contributed by atoms with Crippen molar-refractivity contribution in [3.63, 3.8) is 0 Å². The van der Waals surface area contributed by atoms with Gasteiger partial charge in [0.05, 0.1) is 10.7 Å². The van der Waals surface area contributed by atoms with Gasteiger partial charge in [-0.05, 0) is 19.1 Å². The number of anilines is 1. The molecular weight excluding hydrogens is 256 g/mol. The summed E-state index contributed by atoms with van der Waals surface area (Å²) in [5.74, 6) is 0. The second-order valence-corrected chi connectivity index (χ2v) is 4.05. The lowest BCUT2D eigenvalue weighted by atomic mass is 10.2. The molecule has 0 radical (unpaired) electrons. The lowest BCUT2D eigenvalue weighted by molar-refractivity contribution is 0.955. The predicted molar refractivity (Wildman–Crippen MR) is 73.3 cm³/mol. The van der Waals surface area contributed by atoms with Crippen LogP contribution < -0.4 is 16.6 Å². The van der Waals surface area contributed by atoms with Crippen LogP contribution in [0.5, 0.6) is 0 Å². The monoisotopic (exact) mass is 266 g/mol. The van der Waals surface area contributed by atoms with Crippen LogP contribution in [0.3, 0.4) is 0 Å².